The van der Waals surface area contributed by atoms with Crippen LogP contribution in [0, 0.1) is 17.2 Å². The first-order chi connectivity index (χ1) is 19.5. The van der Waals surface area contributed by atoms with E-state index in [-0.39, 0.29) is 30.1 Å². The molecule has 0 aliphatic carbocycles. The fraction of sp³-hybridized carbons (Fsp3) is 0.448. The van der Waals surface area contributed by atoms with E-state index in [9.17, 15) is 18.8 Å². The molecule has 4 rings (SSSR count). The summed E-state index contributed by atoms with van der Waals surface area (Å²) in [6.07, 6.45) is 2.50. The summed E-state index contributed by atoms with van der Waals surface area (Å²) in [6.45, 7) is 6.30. The lowest BCUT2D eigenvalue weighted by Gasteiger charge is -2.36. The lowest BCUT2D eigenvalue weighted by Crippen LogP contribution is -2.57. The van der Waals surface area contributed by atoms with Crippen LogP contribution in [0.1, 0.15) is 39.2 Å². The fourth-order valence-corrected chi connectivity index (χ4v) is 4.76. The van der Waals surface area contributed by atoms with Crippen LogP contribution < -0.4 is 16.0 Å². The van der Waals surface area contributed by atoms with Crippen molar-refractivity contribution in [2.75, 3.05) is 25.0 Å². The molecule has 1 aliphatic rings. The van der Waals surface area contributed by atoms with Gasteiger partial charge in [0, 0.05) is 43.3 Å². The van der Waals surface area contributed by atoms with Crippen molar-refractivity contribution < 1.29 is 18.8 Å². The zero-order valence-electron chi connectivity index (χ0n) is 23.9. The molecule has 1 aliphatic heterocycles. The number of aryl methyl sites for hydroxylation is 1. The standard InChI is InChI=1S/C29H37FN8O3/c1-29(2,3)27(40)33-24(26(39)38-14-6-7-20(18-38)15-19-10-12-22(30)13-11-19)17-31-28(41)32-23-9-5-8-21(16-23)25-34-35-36-37(25)4/h5,8-13,16,20,24H,6-7,14-15,17-18H2,1-4H3,(H,33,40)(H2,31,32,41)/t20-,24+/m0/s1. The second-order valence-electron chi connectivity index (χ2n) is 11.4. The van der Waals surface area contributed by atoms with E-state index in [1.54, 1.807) is 63.1 Å². The van der Waals surface area contributed by atoms with E-state index in [2.05, 4.69) is 31.5 Å². The molecule has 1 aromatic heterocycles. The molecule has 4 amide bonds. The van der Waals surface area contributed by atoms with Gasteiger partial charge in [-0.15, -0.1) is 5.10 Å². The summed E-state index contributed by atoms with van der Waals surface area (Å²) in [5, 5.41) is 19.8. The van der Waals surface area contributed by atoms with Gasteiger partial charge >= 0.3 is 6.03 Å². The minimum Gasteiger partial charge on any atom is -0.342 e. The Kier molecular flexibility index (Phi) is 9.31. The van der Waals surface area contributed by atoms with Gasteiger partial charge in [0.2, 0.25) is 11.8 Å². The van der Waals surface area contributed by atoms with Crippen LogP contribution >= 0.6 is 0 Å². The quantitative estimate of drug-likeness (QED) is 0.385. The molecule has 2 heterocycles. The smallest absolute Gasteiger partial charge is 0.319 e. The molecule has 1 saturated heterocycles. The summed E-state index contributed by atoms with van der Waals surface area (Å²) in [5.74, 6) is -0.0568. The van der Waals surface area contributed by atoms with Crippen molar-refractivity contribution in [2.45, 2.75) is 46.1 Å². The third-order valence-electron chi connectivity index (χ3n) is 7.02. The molecule has 0 spiro atoms. The predicted octanol–water partition coefficient (Wildman–Crippen LogP) is 3.15. The van der Waals surface area contributed by atoms with Crippen molar-refractivity contribution in [3.63, 3.8) is 0 Å². The number of nitrogens with zero attached hydrogens (tertiary/aromatic N) is 5. The number of hydrogen-bond acceptors (Lipinski definition) is 6. The van der Waals surface area contributed by atoms with Gasteiger partial charge < -0.3 is 20.9 Å². The summed E-state index contributed by atoms with van der Waals surface area (Å²) < 4.78 is 14.8. The number of nitrogens with one attached hydrogen (secondary N) is 3. The molecule has 2 aromatic carbocycles. The number of piperidine rings is 1. The van der Waals surface area contributed by atoms with Crippen molar-refractivity contribution in [1.29, 1.82) is 0 Å². The number of carbonyl (C=O) groups is 3. The molecule has 3 aromatic rings. The molecule has 0 radical (unpaired) electrons. The average molecular weight is 565 g/mol. The Bertz CT molecular complexity index is 1370. The van der Waals surface area contributed by atoms with E-state index in [1.807, 2.05) is 6.07 Å². The third-order valence-corrected chi connectivity index (χ3v) is 7.02. The van der Waals surface area contributed by atoms with E-state index >= 15 is 0 Å². The van der Waals surface area contributed by atoms with Gasteiger partial charge in [-0.3, -0.25) is 9.59 Å². The number of hydrogen-bond donors (Lipinski definition) is 3. The first kappa shape index (κ1) is 29.6. The van der Waals surface area contributed by atoms with Crippen LogP contribution in [0.3, 0.4) is 0 Å². The lowest BCUT2D eigenvalue weighted by molar-refractivity contribution is -0.139. The number of amides is 4. The monoisotopic (exact) mass is 564 g/mol. The van der Waals surface area contributed by atoms with Crippen LogP contribution in [0.15, 0.2) is 48.5 Å². The summed E-state index contributed by atoms with van der Waals surface area (Å²) in [7, 11) is 1.72. The number of rotatable bonds is 8. The third kappa shape index (κ3) is 8.09. The molecular weight excluding hydrogens is 527 g/mol. The van der Waals surface area contributed by atoms with Gasteiger partial charge in [-0.25, -0.2) is 13.9 Å². The van der Waals surface area contributed by atoms with Crippen LogP contribution in [0.5, 0.6) is 0 Å². The highest BCUT2D eigenvalue weighted by Gasteiger charge is 2.33. The molecular formula is C29H37FN8O3. The molecule has 0 bridgehead atoms. The first-order valence-electron chi connectivity index (χ1n) is 13.7. The van der Waals surface area contributed by atoms with E-state index in [0.29, 0.717) is 24.6 Å². The van der Waals surface area contributed by atoms with Crippen LogP contribution in [0.25, 0.3) is 11.4 Å². The summed E-state index contributed by atoms with van der Waals surface area (Å²) in [5.41, 5.74) is 1.54. The maximum absolute atomic E-state index is 13.7. The maximum atomic E-state index is 13.7. The zero-order chi connectivity index (χ0) is 29.6. The lowest BCUT2D eigenvalue weighted by atomic mass is 9.91. The molecule has 0 unspecified atom stereocenters. The first-order valence-corrected chi connectivity index (χ1v) is 13.7. The van der Waals surface area contributed by atoms with Gasteiger partial charge in [-0.05, 0) is 65.4 Å². The molecule has 11 nitrogen and oxygen atoms in total. The minimum atomic E-state index is -0.937. The largest absolute Gasteiger partial charge is 0.342 e. The minimum absolute atomic E-state index is 0.0848. The van der Waals surface area contributed by atoms with Gasteiger partial charge in [0.05, 0.1) is 0 Å². The Labute approximate surface area is 238 Å². The highest BCUT2D eigenvalue weighted by atomic mass is 19.1. The van der Waals surface area contributed by atoms with E-state index in [0.717, 1.165) is 30.4 Å². The normalized spacial score (nSPS) is 16.1. The highest BCUT2D eigenvalue weighted by molar-refractivity contribution is 5.92. The van der Waals surface area contributed by atoms with Crippen LogP contribution in [-0.2, 0) is 23.1 Å². The number of aromatic nitrogens is 4. The van der Waals surface area contributed by atoms with Crippen LogP contribution in [0.4, 0.5) is 14.9 Å². The second-order valence-corrected chi connectivity index (χ2v) is 11.4. The number of halogens is 1. The van der Waals surface area contributed by atoms with Crippen molar-refractivity contribution in [3.05, 3.63) is 59.9 Å². The van der Waals surface area contributed by atoms with Gasteiger partial charge in [0.1, 0.15) is 11.9 Å². The van der Waals surface area contributed by atoms with Crippen molar-refractivity contribution in [2.24, 2.45) is 18.4 Å². The highest BCUT2D eigenvalue weighted by Crippen LogP contribution is 2.23. The summed E-state index contributed by atoms with van der Waals surface area (Å²) in [4.78, 5) is 41.1. The molecule has 218 valence electrons. The SMILES string of the molecule is Cn1nnnc1-c1cccc(NC(=O)NC[C@@H](NC(=O)C(C)(C)C)C(=O)N2CCC[C@@H](Cc3ccc(F)cc3)C2)c1. The average Bonchev–Trinajstić information content (AvgIpc) is 3.37. The summed E-state index contributed by atoms with van der Waals surface area (Å²) in [6, 6.07) is 12.0. The maximum Gasteiger partial charge on any atom is 0.319 e. The van der Waals surface area contributed by atoms with Crippen LogP contribution in [-0.4, -0.2) is 68.6 Å². The number of likely N-dealkylation sites (tertiary alicyclic amines) is 1. The van der Waals surface area contributed by atoms with Gasteiger partial charge in [0.15, 0.2) is 5.82 Å². The molecule has 2 atom stereocenters. The molecule has 1 fully saturated rings. The molecule has 12 heteroatoms. The van der Waals surface area contributed by atoms with E-state index in [1.165, 1.54) is 16.8 Å². The van der Waals surface area contributed by atoms with Crippen LogP contribution in [0.2, 0.25) is 0 Å². The molecule has 41 heavy (non-hydrogen) atoms. The Balaban J connectivity index is 1.40. The molecule has 3 N–H and O–H groups in total. The Morgan fingerprint density at radius 1 is 1.12 bits per heavy atom. The van der Waals surface area contributed by atoms with E-state index in [4.69, 9.17) is 0 Å². The van der Waals surface area contributed by atoms with Gasteiger partial charge in [-0.2, -0.15) is 0 Å². The number of carbonyl (C=O) groups excluding carboxylic acids is 3. The van der Waals surface area contributed by atoms with Gasteiger partial charge in [0.25, 0.3) is 0 Å². The Morgan fingerprint density at radius 3 is 2.56 bits per heavy atom. The number of tetrazole rings is 1. The van der Waals surface area contributed by atoms with Crippen molar-refractivity contribution >= 4 is 23.5 Å². The van der Waals surface area contributed by atoms with Gasteiger partial charge in [-0.1, -0.05) is 45.0 Å². The molecule has 0 saturated carbocycles. The zero-order valence-corrected chi connectivity index (χ0v) is 23.9. The topological polar surface area (TPSA) is 134 Å². The predicted molar refractivity (Wildman–Crippen MR) is 152 cm³/mol. The summed E-state index contributed by atoms with van der Waals surface area (Å²) >= 11 is 0. The number of anilines is 1. The number of benzene rings is 2. The van der Waals surface area contributed by atoms with E-state index < -0.39 is 17.5 Å². The number of urea groups is 1. The Morgan fingerprint density at radius 2 is 1.88 bits per heavy atom. The van der Waals surface area contributed by atoms with Crippen molar-refractivity contribution in [3.8, 4) is 11.4 Å². The van der Waals surface area contributed by atoms with Crippen molar-refractivity contribution in [1.82, 2.24) is 35.7 Å². The second kappa shape index (κ2) is 12.9. The fourth-order valence-electron chi connectivity index (χ4n) is 4.76. The Hall–Kier alpha value is -4.35.